The molecule has 98 valence electrons. The van der Waals surface area contributed by atoms with Gasteiger partial charge in [-0.05, 0) is 42.3 Å². The van der Waals surface area contributed by atoms with E-state index in [9.17, 15) is 9.90 Å². The SMILES string of the molecule is Cc1cccc(-c2nnnn2CC2(C(=O)O)CC2)n1. The monoisotopic (exact) mass is 259 g/mol. The molecule has 0 radical (unpaired) electrons. The lowest BCUT2D eigenvalue weighted by molar-refractivity contribution is -0.144. The number of aliphatic carboxylic acids is 1. The summed E-state index contributed by atoms with van der Waals surface area (Å²) in [6, 6.07) is 5.58. The molecule has 0 saturated heterocycles. The molecule has 0 aromatic carbocycles. The van der Waals surface area contributed by atoms with E-state index in [4.69, 9.17) is 0 Å². The van der Waals surface area contributed by atoms with Crippen molar-refractivity contribution in [2.24, 2.45) is 5.41 Å². The number of rotatable bonds is 4. The van der Waals surface area contributed by atoms with E-state index in [1.165, 1.54) is 4.68 Å². The van der Waals surface area contributed by atoms with Gasteiger partial charge in [-0.3, -0.25) is 4.79 Å². The molecule has 0 spiro atoms. The largest absolute Gasteiger partial charge is 0.481 e. The molecule has 3 rings (SSSR count). The zero-order valence-electron chi connectivity index (χ0n) is 10.4. The van der Waals surface area contributed by atoms with Crippen LogP contribution in [0.5, 0.6) is 0 Å². The molecule has 0 unspecified atom stereocenters. The van der Waals surface area contributed by atoms with E-state index < -0.39 is 11.4 Å². The first-order valence-electron chi connectivity index (χ1n) is 6.04. The van der Waals surface area contributed by atoms with Crippen molar-refractivity contribution in [1.29, 1.82) is 0 Å². The van der Waals surface area contributed by atoms with Crippen molar-refractivity contribution in [2.45, 2.75) is 26.3 Å². The van der Waals surface area contributed by atoms with Crippen LogP contribution in [-0.4, -0.2) is 36.3 Å². The molecule has 0 bridgehead atoms. The molecule has 1 N–H and O–H groups in total. The van der Waals surface area contributed by atoms with Crippen LogP contribution in [0.4, 0.5) is 0 Å². The van der Waals surface area contributed by atoms with Gasteiger partial charge in [0.25, 0.3) is 0 Å². The first kappa shape index (κ1) is 11.8. The van der Waals surface area contributed by atoms with Gasteiger partial charge >= 0.3 is 5.97 Å². The highest BCUT2D eigenvalue weighted by molar-refractivity contribution is 5.77. The van der Waals surface area contributed by atoms with Crippen LogP contribution < -0.4 is 0 Å². The number of nitrogens with zero attached hydrogens (tertiary/aromatic N) is 5. The summed E-state index contributed by atoms with van der Waals surface area (Å²) in [4.78, 5) is 15.6. The maximum Gasteiger partial charge on any atom is 0.311 e. The molecule has 1 aliphatic rings. The van der Waals surface area contributed by atoms with Crippen molar-refractivity contribution in [1.82, 2.24) is 25.2 Å². The predicted octanol–water partition coefficient (Wildman–Crippen LogP) is 0.908. The van der Waals surface area contributed by atoms with E-state index in [2.05, 4.69) is 20.5 Å². The van der Waals surface area contributed by atoms with Crippen LogP contribution >= 0.6 is 0 Å². The van der Waals surface area contributed by atoms with E-state index in [0.717, 1.165) is 5.69 Å². The molecule has 2 aromatic rings. The van der Waals surface area contributed by atoms with Gasteiger partial charge in [-0.2, -0.15) is 0 Å². The predicted molar refractivity (Wildman–Crippen MR) is 65.1 cm³/mol. The standard InChI is InChI=1S/C12H13N5O2/c1-8-3-2-4-9(13-8)10-14-15-16-17(10)7-12(5-6-12)11(18)19/h2-4H,5-7H2,1H3,(H,18,19). The number of aryl methyl sites for hydroxylation is 1. The molecule has 2 heterocycles. The number of carboxylic acids is 1. The van der Waals surface area contributed by atoms with Crippen LogP contribution in [0, 0.1) is 12.3 Å². The van der Waals surface area contributed by atoms with E-state index >= 15 is 0 Å². The van der Waals surface area contributed by atoms with Gasteiger partial charge in [-0.1, -0.05) is 6.07 Å². The van der Waals surface area contributed by atoms with Gasteiger partial charge in [0.05, 0.1) is 12.0 Å². The quantitative estimate of drug-likeness (QED) is 0.877. The third kappa shape index (κ3) is 2.07. The minimum atomic E-state index is -0.786. The highest BCUT2D eigenvalue weighted by Gasteiger charge is 2.51. The summed E-state index contributed by atoms with van der Waals surface area (Å²) >= 11 is 0. The molecule has 0 atom stereocenters. The second-order valence-electron chi connectivity index (χ2n) is 4.91. The third-order valence-electron chi connectivity index (χ3n) is 3.41. The minimum Gasteiger partial charge on any atom is -0.481 e. The molecule has 1 saturated carbocycles. The van der Waals surface area contributed by atoms with Gasteiger partial charge in [-0.25, -0.2) is 9.67 Å². The maximum atomic E-state index is 11.2. The first-order valence-corrected chi connectivity index (χ1v) is 6.04. The number of tetrazole rings is 1. The fourth-order valence-corrected chi connectivity index (χ4v) is 2.04. The van der Waals surface area contributed by atoms with Crippen molar-refractivity contribution in [3.63, 3.8) is 0 Å². The highest BCUT2D eigenvalue weighted by atomic mass is 16.4. The number of hydrogen-bond acceptors (Lipinski definition) is 5. The molecule has 1 fully saturated rings. The first-order chi connectivity index (χ1) is 9.11. The molecule has 2 aromatic heterocycles. The van der Waals surface area contributed by atoms with Gasteiger partial charge in [-0.15, -0.1) is 5.10 Å². The number of carbonyl (C=O) groups is 1. The lowest BCUT2D eigenvalue weighted by atomic mass is 10.1. The van der Waals surface area contributed by atoms with Crippen LogP contribution in [0.2, 0.25) is 0 Å². The molecular weight excluding hydrogens is 246 g/mol. The van der Waals surface area contributed by atoms with Crippen molar-refractivity contribution >= 4 is 5.97 Å². The minimum absolute atomic E-state index is 0.292. The zero-order valence-corrected chi connectivity index (χ0v) is 10.4. The van der Waals surface area contributed by atoms with Crippen molar-refractivity contribution < 1.29 is 9.90 Å². The van der Waals surface area contributed by atoms with Gasteiger partial charge in [0.1, 0.15) is 5.69 Å². The van der Waals surface area contributed by atoms with Crippen molar-refractivity contribution in [2.75, 3.05) is 0 Å². The highest BCUT2D eigenvalue weighted by Crippen LogP contribution is 2.47. The fraction of sp³-hybridized carbons (Fsp3) is 0.417. The number of pyridine rings is 1. The normalized spacial score (nSPS) is 16.3. The van der Waals surface area contributed by atoms with Gasteiger partial charge in [0.15, 0.2) is 0 Å². The Bertz CT molecular complexity index is 633. The number of hydrogen-bond donors (Lipinski definition) is 1. The van der Waals surface area contributed by atoms with Crippen molar-refractivity contribution in [3.8, 4) is 11.5 Å². The van der Waals surface area contributed by atoms with Gasteiger partial charge < -0.3 is 5.11 Å². The lowest BCUT2D eigenvalue weighted by Gasteiger charge is -2.10. The third-order valence-corrected chi connectivity index (χ3v) is 3.41. The van der Waals surface area contributed by atoms with E-state index in [1.807, 2.05) is 25.1 Å². The average Bonchev–Trinajstić information content (AvgIpc) is 3.01. The Kier molecular flexibility index (Phi) is 2.55. The molecule has 7 heteroatoms. The molecule has 0 amide bonds. The Morgan fingerprint density at radius 3 is 2.89 bits per heavy atom. The topological polar surface area (TPSA) is 93.8 Å². The molecule has 19 heavy (non-hydrogen) atoms. The number of aromatic nitrogens is 5. The van der Waals surface area contributed by atoms with Crippen LogP contribution in [0.15, 0.2) is 18.2 Å². The summed E-state index contributed by atoms with van der Waals surface area (Å²) in [6.45, 7) is 2.18. The summed E-state index contributed by atoms with van der Waals surface area (Å²) in [5.74, 6) is -0.276. The van der Waals surface area contributed by atoms with Gasteiger partial charge in [0, 0.05) is 5.69 Å². The van der Waals surface area contributed by atoms with Crippen LogP contribution in [0.25, 0.3) is 11.5 Å². The second kappa shape index (κ2) is 4.11. The smallest absolute Gasteiger partial charge is 0.311 e. The Morgan fingerprint density at radius 1 is 1.47 bits per heavy atom. The Hall–Kier alpha value is -2.31. The van der Waals surface area contributed by atoms with E-state index in [-0.39, 0.29) is 0 Å². The average molecular weight is 259 g/mol. The summed E-state index contributed by atoms with van der Waals surface area (Å²) in [5, 5.41) is 20.7. The van der Waals surface area contributed by atoms with E-state index in [0.29, 0.717) is 30.9 Å². The maximum absolute atomic E-state index is 11.2. The molecule has 1 aliphatic carbocycles. The Labute approximate surface area is 109 Å². The van der Waals surface area contributed by atoms with E-state index in [1.54, 1.807) is 0 Å². The van der Waals surface area contributed by atoms with Crippen molar-refractivity contribution in [3.05, 3.63) is 23.9 Å². The molecular formula is C12H13N5O2. The van der Waals surface area contributed by atoms with Crippen LogP contribution in [0.3, 0.4) is 0 Å². The zero-order chi connectivity index (χ0) is 13.5. The van der Waals surface area contributed by atoms with Crippen LogP contribution in [0.1, 0.15) is 18.5 Å². The molecule has 0 aliphatic heterocycles. The van der Waals surface area contributed by atoms with Crippen LogP contribution in [-0.2, 0) is 11.3 Å². The Balaban J connectivity index is 1.93. The molecule has 7 nitrogen and oxygen atoms in total. The summed E-state index contributed by atoms with van der Waals surface area (Å²) < 4.78 is 1.53. The number of carboxylic acid groups (broad SMARTS) is 1. The fourth-order valence-electron chi connectivity index (χ4n) is 2.04. The van der Waals surface area contributed by atoms with Gasteiger partial charge in [0.2, 0.25) is 5.82 Å². The second-order valence-corrected chi connectivity index (χ2v) is 4.91. The Morgan fingerprint density at radius 2 is 2.26 bits per heavy atom. The summed E-state index contributed by atoms with van der Waals surface area (Å²) in [5.41, 5.74) is 0.825. The summed E-state index contributed by atoms with van der Waals surface area (Å²) in [7, 11) is 0. The lowest BCUT2D eigenvalue weighted by Crippen LogP contribution is -2.22. The summed E-state index contributed by atoms with van der Waals surface area (Å²) in [6.07, 6.45) is 1.34.